The maximum absolute atomic E-state index is 12.8. The van der Waals surface area contributed by atoms with Gasteiger partial charge >= 0.3 is 0 Å². The predicted octanol–water partition coefficient (Wildman–Crippen LogP) is 5.04. The summed E-state index contributed by atoms with van der Waals surface area (Å²) in [4.78, 5) is 15.1. The molecule has 0 amide bonds. The van der Waals surface area contributed by atoms with Gasteiger partial charge in [-0.15, -0.1) is 0 Å². The standard InChI is InChI=1S/C28H36N2O4/c1-5-15-29(16-6-2)19-23(31)20-30-18-22(24-9-7-8-10-25(24)30)11-13-26(32)21-12-14-27(33-3)28(17-21)34-4/h7-14,17-18,23,31H,5-6,15-16,19-20H2,1-4H3. The Labute approximate surface area is 202 Å². The molecule has 3 aromatic rings. The number of aliphatic hydroxyl groups is 1. The molecule has 0 spiro atoms. The van der Waals surface area contributed by atoms with E-state index in [4.69, 9.17) is 9.47 Å². The van der Waals surface area contributed by atoms with Crippen molar-refractivity contribution in [1.29, 1.82) is 0 Å². The van der Waals surface area contributed by atoms with Crippen LogP contribution in [0.2, 0.25) is 0 Å². The van der Waals surface area contributed by atoms with Crippen LogP contribution in [-0.4, -0.2) is 60.3 Å². The van der Waals surface area contributed by atoms with Crippen molar-refractivity contribution >= 4 is 22.8 Å². The molecule has 1 N–H and O–H groups in total. The molecular formula is C28H36N2O4. The maximum atomic E-state index is 12.8. The average molecular weight is 465 g/mol. The number of carbonyl (C=O) groups excluding carboxylic acids is 1. The van der Waals surface area contributed by atoms with Crippen molar-refractivity contribution in [2.75, 3.05) is 33.9 Å². The first kappa shape index (κ1) is 25.5. The lowest BCUT2D eigenvalue weighted by Gasteiger charge is -2.24. The smallest absolute Gasteiger partial charge is 0.185 e. The van der Waals surface area contributed by atoms with E-state index in [1.54, 1.807) is 38.5 Å². The summed E-state index contributed by atoms with van der Waals surface area (Å²) >= 11 is 0. The molecular weight excluding hydrogens is 428 g/mol. The summed E-state index contributed by atoms with van der Waals surface area (Å²) in [5, 5.41) is 11.8. The van der Waals surface area contributed by atoms with Crippen molar-refractivity contribution in [2.24, 2.45) is 0 Å². The van der Waals surface area contributed by atoms with E-state index in [9.17, 15) is 9.90 Å². The van der Waals surface area contributed by atoms with E-state index in [1.165, 1.54) is 0 Å². The van der Waals surface area contributed by atoms with Crippen molar-refractivity contribution in [3.63, 3.8) is 0 Å². The van der Waals surface area contributed by atoms with Gasteiger partial charge < -0.3 is 24.0 Å². The van der Waals surface area contributed by atoms with Crippen molar-refractivity contribution in [2.45, 2.75) is 39.3 Å². The van der Waals surface area contributed by atoms with Crippen LogP contribution < -0.4 is 9.47 Å². The molecule has 34 heavy (non-hydrogen) atoms. The first-order chi connectivity index (χ1) is 16.5. The molecule has 182 valence electrons. The van der Waals surface area contributed by atoms with Crippen LogP contribution in [-0.2, 0) is 6.54 Å². The zero-order valence-electron chi connectivity index (χ0n) is 20.7. The van der Waals surface area contributed by atoms with Gasteiger partial charge in [-0.05, 0) is 62.3 Å². The number of aliphatic hydroxyl groups excluding tert-OH is 1. The molecule has 2 aromatic carbocycles. The summed E-state index contributed by atoms with van der Waals surface area (Å²) in [6.07, 6.45) is 7.10. The lowest BCUT2D eigenvalue weighted by atomic mass is 10.1. The Morgan fingerprint density at radius 3 is 2.44 bits per heavy atom. The average Bonchev–Trinajstić information content (AvgIpc) is 3.19. The largest absolute Gasteiger partial charge is 0.493 e. The zero-order valence-corrected chi connectivity index (χ0v) is 20.7. The molecule has 0 bridgehead atoms. The van der Waals surface area contributed by atoms with Crippen molar-refractivity contribution in [1.82, 2.24) is 9.47 Å². The summed E-state index contributed by atoms with van der Waals surface area (Å²) in [5.74, 6) is 0.987. The lowest BCUT2D eigenvalue weighted by molar-refractivity contribution is 0.0988. The summed E-state index contributed by atoms with van der Waals surface area (Å²) in [7, 11) is 3.12. The molecule has 6 heteroatoms. The summed E-state index contributed by atoms with van der Waals surface area (Å²) in [6.45, 7) is 7.46. The maximum Gasteiger partial charge on any atom is 0.185 e. The second-order valence-corrected chi connectivity index (χ2v) is 8.48. The Morgan fingerprint density at radius 2 is 1.76 bits per heavy atom. The monoisotopic (exact) mass is 464 g/mol. The number of aromatic nitrogens is 1. The van der Waals surface area contributed by atoms with E-state index in [0.717, 1.165) is 42.4 Å². The third-order valence-corrected chi connectivity index (χ3v) is 5.86. The molecule has 0 aliphatic rings. The Balaban J connectivity index is 1.80. The van der Waals surface area contributed by atoms with Crippen LogP contribution in [0.4, 0.5) is 0 Å². The molecule has 0 saturated heterocycles. The van der Waals surface area contributed by atoms with Crippen LogP contribution in [0.5, 0.6) is 11.5 Å². The van der Waals surface area contributed by atoms with Gasteiger partial charge in [0, 0.05) is 41.3 Å². The molecule has 1 heterocycles. The predicted molar refractivity (Wildman–Crippen MR) is 138 cm³/mol. The van der Waals surface area contributed by atoms with Crippen LogP contribution in [0, 0.1) is 0 Å². The number of benzene rings is 2. The van der Waals surface area contributed by atoms with Crippen LogP contribution >= 0.6 is 0 Å². The fourth-order valence-corrected chi connectivity index (χ4v) is 4.32. The first-order valence-corrected chi connectivity index (χ1v) is 11.9. The number of nitrogens with zero attached hydrogens (tertiary/aromatic N) is 2. The molecule has 0 aliphatic heterocycles. The minimum atomic E-state index is -0.473. The van der Waals surface area contributed by atoms with E-state index in [2.05, 4.69) is 23.3 Å². The summed E-state index contributed by atoms with van der Waals surface area (Å²) < 4.78 is 12.6. The normalized spacial score (nSPS) is 12.5. The van der Waals surface area contributed by atoms with Crippen molar-refractivity contribution in [3.05, 3.63) is 65.9 Å². The summed E-state index contributed by atoms with van der Waals surface area (Å²) in [6, 6.07) is 13.2. The fraction of sp³-hybridized carbons (Fsp3) is 0.393. The molecule has 6 nitrogen and oxygen atoms in total. The number of ether oxygens (including phenoxy) is 2. The molecule has 0 radical (unpaired) electrons. The Kier molecular flexibility index (Phi) is 9.31. The van der Waals surface area contributed by atoms with Gasteiger partial charge in [-0.1, -0.05) is 32.0 Å². The highest BCUT2D eigenvalue weighted by Gasteiger charge is 2.14. The second kappa shape index (κ2) is 12.4. The molecule has 1 atom stereocenters. The van der Waals surface area contributed by atoms with Gasteiger partial charge in [0.1, 0.15) is 0 Å². The molecule has 1 aromatic heterocycles. The zero-order chi connectivity index (χ0) is 24.5. The fourth-order valence-electron chi connectivity index (χ4n) is 4.32. The molecule has 0 fully saturated rings. The highest BCUT2D eigenvalue weighted by atomic mass is 16.5. The first-order valence-electron chi connectivity index (χ1n) is 11.9. The minimum absolute atomic E-state index is 0.118. The number of fused-ring (bicyclic) bond motifs is 1. The second-order valence-electron chi connectivity index (χ2n) is 8.48. The third kappa shape index (κ3) is 6.27. The SMILES string of the molecule is CCCN(CCC)CC(O)Cn1cc(C=CC(=O)c2ccc(OC)c(OC)c2)c2ccccc21. The van der Waals surface area contributed by atoms with Crippen LogP contribution in [0.15, 0.2) is 54.7 Å². The Hall–Kier alpha value is -3.09. The number of methoxy groups -OCH3 is 2. The van der Waals surface area contributed by atoms with Crippen LogP contribution in [0.3, 0.4) is 0 Å². The highest BCUT2D eigenvalue weighted by Crippen LogP contribution is 2.28. The van der Waals surface area contributed by atoms with E-state index < -0.39 is 6.10 Å². The minimum Gasteiger partial charge on any atom is -0.493 e. The quantitative estimate of drug-likeness (QED) is 0.284. The van der Waals surface area contributed by atoms with E-state index in [0.29, 0.717) is 30.2 Å². The van der Waals surface area contributed by atoms with Gasteiger partial charge in [0.05, 0.1) is 20.3 Å². The Bertz CT molecular complexity index is 1110. The Morgan fingerprint density at radius 1 is 1.06 bits per heavy atom. The number of rotatable bonds is 13. The molecule has 0 saturated carbocycles. The van der Waals surface area contributed by atoms with Gasteiger partial charge in [-0.25, -0.2) is 0 Å². The van der Waals surface area contributed by atoms with Crippen LogP contribution in [0.1, 0.15) is 42.6 Å². The topological polar surface area (TPSA) is 63.9 Å². The van der Waals surface area contributed by atoms with Crippen LogP contribution in [0.25, 0.3) is 17.0 Å². The molecule has 1 unspecified atom stereocenters. The number of hydrogen-bond donors (Lipinski definition) is 1. The molecule has 3 rings (SSSR count). The third-order valence-electron chi connectivity index (χ3n) is 5.86. The van der Waals surface area contributed by atoms with Crippen molar-refractivity contribution in [3.8, 4) is 11.5 Å². The van der Waals surface area contributed by atoms with E-state index in [-0.39, 0.29) is 5.78 Å². The van der Waals surface area contributed by atoms with Gasteiger partial charge in [-0.2, -0.15) is 0 Å². The summed E-state index contributed by atoms with van der Waals surface area (Å²) in [5.41, 5.74) is 2.51. The molecule has 0 aliphatic carbocycles. The number of carbonyl (C=O) groups is 1. The van der Waals surface area contributed by atoms with Gasteiger partial charge in [0.15, 0.2) is 17.3 Å². The highest BCUT2D eigenvalue weighted by molar-refractivity contribution is 6.08. The number of hydrogen-bond acceptors (Lipinski definition) is 5. The lowest BCUT2D eigenvalue weighted by Crippen LogP contribution is -2.35. The van der Waals surface area contributed by atoms with E-state index in [1.807, 2.05) is 36.5 Å². The number of para-hydroxylation sites is 1. The van der Waals surface area contributed by atoms with E-state index >= 15 is 0 Å². The van der Waals surface area contributed by atoms with Gasteiger partial charge in [0.25, 0.3) is 0 Å². The van der Waals surface area contributed by atoms with Gasteiger partial charge in [0.2, 0.25) is 0 Å². The number of allylic oxidation sites excluding steroid dienone is 1. The van der Waals surface area contributed by atoms with Crippen molar-refractivity contribution < 1.29 is 19.4 Å². The number of ketones is 1. The van der Waals surface area contributed by atoms with Gasteiger partial charge in [-0.3, -0.25) is 4.79 Å².